The summed E-state index contributed by atoms with van der Waals surface area (Å²) in [4.78, 5) is 3.81. The zero-order chi connectivity index (χ0) is 6.91. The molecule has 0 saturated heterocycles. The lowest BCUT2D eigenvalue weighted by Crippen LogP contribution is -2.17. The van der Waals surface area contributed by atoms with Crippen LogP contribution in [0.25, 0.3) is 0 Å². The number of rotatable bonds is 0. The van der Waals surface area contributed by atoms with Crippen molar-refractivity contribution in [2.45, 2.75) is 4.33 Å². The SMILES string of the molecule is ClC1=NCC(Cl)(Cl)C=C1. The summed E-state index contributed by atoms with van der Waals surface area (Å²) < 4.78 is -0.849. The summed E-state index contributed by atoms with van der Waals surface area (Å²) in [5.41, 5.74) is 0. The fraction of sp³-hybridized carbons (Fsp3) is 0.400. The Hall–Kier alpha value is 0.280. The number of alkyl halides is 2. The van der Waals surface area contributed by atoms with Gasteiger partial charge in [0.25, 0.3) is 0 Å². The molecule has 1 rings (SSSR count). The molecule has 0 spiro atoms. The van der Waals surface area contributed by atoms with Gasteiger partial charge >= 0.3 is 0 Å². The van der Waals surface area contributed by atoms with Gasteiger partial charge in [0.15, 0.2) is 4.33 Å². The van der Waals surface area contributed by atoms with E-state index in [0.717, 1.165) is 0 Å². The van der Waals surface area contributed by atoms with Gasteiger partial charge in [-0.25, -0.2) is 0 Å². The summed E-state index contributed by atoms with van der Waals surface area (Å²) in [5, 5.41) is 0.451. The van der Waals surface area contributed by atoms with E-state index in [1.54, 1.807) is 12.2 Å². The lowest BCUT2D eigenvalue weighted by Gasteiger charge is -2.14. The van der Waals surface area contributed by atoms with Gasteiger partial charge in [0, 0.05) is 0 Å². The van der Waals surface area contributed by atoms with Crippen molar-refractivity contribution in [3.05, 3.63) is 12.2 Å². The molecule has 4 heteroatoms. The van der Waals surface area contributed by atoms with Crippen molar-refractivity contribution in [2.24, 2.45) is 4.99 Å². The van der Waals surface area contributed by atoms with Gasteiger partial charge in [-0.15, -0.1) is 0 Å². The molecule has 0 aliphatic carbocycles. The molecular formula is C5H4Cl3N. The maximum absolute atomic E-state index is 5.65. The maximum atomic E-state index is 5.65. The number of nitrogens with zero attached hydrogens (tertiary/aromatic N) is 1. The number of dihydropyridines is 1. The van der Waals surface area contributed by atoms with Gasteiger partial charge in [-0.05, 0) is 12.2 Å². The molecule has 0 aromatic carbocycles. The van der Waals surface area contributed by atoms with Gasteiger partial charge in [0.1, 0.15) is 5.17 Å². The van der Waals surface area contributed by atoms with Crippen molar-refractivity contribution in [1.82, 2.24) is 0 Å². The number of halogens is 3. The first-order valence-electron chi connectivity index (χ1n) is 2.37. The first-order chi connectivity index (χ1) is 4.10. The molecule has 0 bridgehead atoms. The van der Waals surface area contributed by atoms with E-state index in [9.17, 15) is 0 Å². The van der Waals surface area contributed by atoms with Crippen molar-refractivity contribution in [3.63, 3.8) is 0 Å². The molecule has 9 heavy (non-hydrogen) atoms. The number of allylic oxidation sites excluding steroid dienone is 1. The van der Waals surface area contributed by atoms with Crippen LogP contribution in [-0.4, -0.2) is 16.0 Å². The summed E-state index contributed by atoms with van der Waals surface area (Å²) in [7, 11) is 0. The fourth-order valence-corrected chi connectivity index (χ4v) is 0.845. The normalized spacial score (nSPS) is 23.7. The minimum absolute atomic E-state index is 0.339. The largest absolute Gasteiger partial charge is 0.270 e. The van der Waals surface area contributed by atoms with E-state index < -0.39 is 4.33 Å². The van der Waals surface area contributed by atoms with Crippen LogP contribution >= 0.6 is 34.8 Å². The van der Waals surface area contributed by atoms with Gasteiger partial charge in [0.05, 0.1) is 6.54 Å². The molecule has 0 N–H and O–H groups in total. The molecule has 0 radical (unpaired) electrons. The van der Waals surface area contributed by atoms with Gasteiger partial charge in [-0.1, -0.05) is 34.8 Å². The Morgan fingerprint density at radius 3 is 2.56 bits per heavy atom. The lowest BCUT2D eigenvalue weighted by atomic mass is 10.3. The van der Waals surface area contributed by atoms with Crippen LogP contribution in [-0.2, 0) is 0 Å². The third kappa shape index (κ3) is 2.17. The lowest BCUT2D eigenvalue weighted by molar-refractivity contribution is 0.937. The summed E-state index contributed by atoms with van der Waals surface area (Å²) >= 11 is 16.8. The summed E-state index contributed by atoms with van der Waals surface area (Å²) in [6, 6.07) is 0. The summed E-state index contributed by atoms with van der Waals surface area (Å²) in [6.45, 7) is 0.339. The topological polar surface area (TPSA) is 12.4 Å². The minimum atomic E-state index is -0.849. The third-order valence-electron chi connectivity index (χ3n) is 0.906. The van der Waals surface area contributed by atoms with E-state index in [1.165, 1.54) is 0 Å². The van der Waals surface area contributed by atoms with Crippen molar-refractivity contribution in [1.29, 1.82) is 0 Å². The Morgan fingerprint density at radius 2 is 2.22 bits per heavy atom. The van der Waals surface area contributed by atoms with Crippen molar-refractivity contribution >= 4 is 40.0 Å². The maximum Gasteiger partial charge on any atom is 0.156 e. The van der Waals surface area contributed by atoms with Gasteiger partial charge in [-0.2, -0.15) is 0 Å². The molecule has 1 aliphatic rings. The van der Waals surface area contributed by atoms with Crippen molar-refractivity contribution < 1.29 is 0 Å². The smallest absolute Gasteiger partial charge is 0.156 e. The van der Waals surface area contributed by atoms with E-state index >= 15 is 0 Å². The second-order valence-corrected chi connectivity index (χ2v) is 3.66. The van der Waals surface area contributed by atoms with Crippen LogP contribution < -0.4 is 0 Å². The van der Waals surface area contributed by atoms with Crippen molar-refractivity contribution in [3.8, 4) is 0 Å². The van der Waals surface area contributed by atoms with E-state index in [-0.39, 0.29) is 0 Å². The molecule has 0 unspecified atom stereocenters. The zero-order valence-electron chi connectivity index (χ0n) is 4.44. The fourth-order valence-electron chi connectivity index (χ4n) is 0.477. The molecule has 0 fully saturated rings. The Balaban J connectivity index is 2.70. The summed E-state index contributed by atoms with van der Waals surface area (Å²) in [6.07, 6.45) is 3.20. The molecule has 1 nitrogen and oxygen atoms in total. The zero-order valence-corrected chi connectivity index (χ0v) is 6.71. The molecule has 0 atom stereocenters. The quantitative estimate of drug-likeness (QED) is 0.513. The Morgan fingerprint density at radius 1 is 1.56 bits per heavy atom. The van der Waals surface area contributed by atoms with Crippen LogP contribution in [0.15, 0.2) is 17.1 Å². The van der Waals surface area contributed by atoms with Crippen molar-refractivity contribution in [2.75, 3.05) is 6.54 Å². The van der Waals surface area contributed by atoms with E-state index in [1.807, 2.05) is 0 Å². The molecule has 0 aromatic rings. The monoisotopic (exact) mass is 183 g/mol. The molecular weight excluding hydrogens is 180 g/mol. The molecule has 1 aliphatic heterocycles. The highest BCUT2D eigenvalue weighted by Crippen LogP contribution is 2.25. The standard InChI is InChI=1S/C5H4Cl3N/c6-4-1-2-5(7,8)3-9-4/h1-2H,3H2. The van der Waals surface area contributed by atoms with Crippen LogP contribution in [0.5, 0.6) is 0 Å². The van der Waals surface area contributed by atoms with Crippen LogP contribution in [0.3, 0.4) is 0 Å². The first-order valence-corrected chi connectivity index (χ1v) is 3.50. The predicted molar refractivity (Wildman–Crippen MR) is 41.7 cm³/mol. The highest BCUT2D eigenvalue weighted by atomic mass is 35.5. The van der Waals surface area contributed by atoms with E-state index in [2.05, 4.69) is 4.99 Å². The van der Waals surface area contributed by atoms with E-state index in [4.69, 9.17) is 34.8 Å². The Bertz CT molecular complexity index is 171. The van der Waals surface area contributed by atoms with Crippen LogP contribution in [0.4, 0.5) is 0 Å². The molecule has 50 valence electrons. The van der Waals surface area contributed by atoms with Gasteiger partial charge < -0.3 is 0 Å². The number of hydrogen-bond donors (Lipinski definition) is 0. The molecule has 0 aromatic heterocycles. The highest BCUT2D eigenvalue weighted by Gasteiger charge is 2.21. The van der Waals surface area contributed by atoms with Crippen LogP contribution in [0.2, 0.25) is 0 Å². The Kier molecular flexibility index (Phi) is 2.04. The highest BCUT2D eigenvalue weighted by molar-refractivity contribution is 6.69. The Labute approximate surface area is 68.3 Å². The average molecular weight is 184 g/mol. The molecule has 0 amide bonds. The van der Waals surface area contributed by atoms with Crippen LogP contribution in [0.1, 0.15) is 0 Å². The second-order valence-electron chi connectivity index (χ2n) is 1.73. The number of aliphatic imine (C=N–C) groups is 1. The van der Waals surface area contributed by atoms with E-state index in [0.29, 0.717) is 11.7 Å². The van der Waals surface area contributed by atoms with Gasteiger partial charge in [-0.3, -0.25) is 4.99 Å². The second kappa shape index (κ2) is 2.49. The predicted octanol–water partition coefficient (Wildman–Crippen LogP) is 2.37. The summed E-state index contributed by atoms with van der Waals surface area (Å²) in [5.74, 6) is 0. The average Bonchev–Trinajstić information content (AvgIpc) is 1.78. The molecule has 1 heterocycles. The third-order valence-corrected chi connectivity index (χ3v) is 1.64. The minimum Gasteiger partial charge on any atom is -0.270 e. The van der Waals surface area contributed by atoms with Crippen LogP contribution in [0, 0.1) is 0 Å². The molecule has 0 saturated carbocycles. The number of hydrogen-bond acceptors (Lipinski definition) is 1. The first kappa shape index (κ1) is 7.39. The van der Waals surface area contributed by atoms with Gasteiger partial charge in [0.2, 0.25) is 0 Å².